The summed E-state index contributed by atoms with van der Waals surface area (Å²) in [4.78, 5) is 2.44. The Balaban J connectivity index is 1.84. The van der Waals surface area contributed by atoms with Crippen LogP contribution in [0, 0.1) is 5.92 Å². The van der Waals surface area contributed by atoms with Crippen LogP contribution in [0.4, 0.5) is 0 Å². The van der Waals surface area contributed by atoms with E-state index in [9.17, 15) is 0 Å². The van der Waals surface area contributed by atoms with Crippen LogP contribution >= 0.6 is 0 Å². The lowest BCUT2D eigenvalue weighted by atomic mass is 10.3. The fraction of sp³-hybridized carbons (Fsp3) is 1.00. The van der Waals surface area contributed by atoms with E-state index in [1.807, 2.05) is 0 Å². The van der Waals surface area contributed by atoms with E-state index < -0.39 is 0 Å². The molecule has 2 N–H and O–H groups in total. The summed E-state index contributed by atoms with van der Waals surface area (Å²) >= 11 is 0. The summed E-state index contributed by atoms with van der Waals surface area (Å²) in [5.74, 6) is 0.845. The average Bonchev–Trinajstić information content (AvgIpc) is 2.65. The molecule has 2 fully saturated rings. The van der Waals surface area contributed by atoms with Gasteiger partial charge in [-0.25, -0.2) is 0 Å². The van der Waals surface area contributed by atoms with E-state index in [4.69, 9.17) is 5.73 Å². The fourth-order valence-electron chi connectivity index (χ4n) is 1.78. The first-order chi connectivity index (χ1) is 4.88. The molecule has 2 nitrogen and oxygen atoms in total. The Morgan fingerprint density at radius 3 is 2.30 bits per heavy atom. The first-order valence-electron chi connectivity index (χ1n) is 4.37. The molecule has 0 aromatic heterocycles. The maximum Gasteiger partial charge on any atom is 0.0600 e. The average molecular weight is 140 g/mol. The van der Waals surface area contributed by atoms with E-state index in [-0.39, 0.29) is 0 Å². The molecule has 1 saturated carbocycles. The predicted octanol–water partition coefficient (Wildman–Crippen LogP) is 0.777. The van der Waals surface area contributed by atoms with Gasteiger partial charge in [0.25, 0.3) is 0 Å². The molecular formula is C8H16N2. The molecule has 0 bridgehead atoms. The zero-order chi connectivity index (χ0) is 6.97. The van der Waals surface area contributed by atoms with Gasteiger partial charge in [-0.15, -0.1) is 0 Å². The first kappa shape index (κ1) is 6.62. The van der Waals surface area contributed by atoms with E-state index >= 15 is 0 Å². The summed E-state index contributed by atoms with van der Waals surface area (Å²) in [6, 6.07) is 0. The molecule has 2 rings (SSSR count). The van der Waals surface area contributed by atoms with Crippen LogP contribution in [-0.2, 0) is 0 Å². The normalized spacial score (nSPS) is 30.9. The Morgan fingerprint density at radius 1 is 1.20 bits per heavy atom. The van der Waals surface area contributed by atoms with Crippen LogP contribution in [0.25, 0.3) is 0 Å². The van der Waals surface area contributed by atoms with Crippen LogP contribution in [0.1, 0.15) is 25.7 Å². The highest BCUT2D eigenvalue weighted by Crippen LogP contribution is 2.33. The smallest absolute Gasteiger partial charge is 0.0600 e. The van der Waals surface area contributed by atoms with Gasteiger partial charge in [0.1, 0.15) is 0 Å². The third kappa shape index (κ3) is 1.18. The van der Waals surface area contributed by atoms with E-state index in [1.54, 1.807) is 0 Å². The lowest BCUT2D eigenvalue weighted by molar-refractivity contribution is 0.224. The van der Waals surface area contributed by atoms with Crippen LogP contribution in [0.3, 0.4) is 0 Å². The molecule has 1 heterocycles. The summed E-state index contributed by atoms with van der Waals surface area (Å²) in [6.45, 7) is 2.50. The second-order valence-electron chi connectivity index (χ2n) is 3.57. The first-order valence-corrected chi connectivity index (χ1v) is 4.37. The maximum absolute atomic E-state index is 6.01. The van der Waals surface area contributed by atoms with Gasteiger partial charge in [-0.3, -0.25) is 4.90 Å². The topological polar surface area (TPSA) is 29.3 Å². The summed E-state index contributed by atoms with van der Waals surface area (Å²) in [6.07, 6.45) is 5.87. The van der Waals surface area contributed by atoms with Gasteiger partial charge in [0.2, 0.25) is 0 Å². The summed E-state index contributed by atoms with van der Waals surface area (Å²) in [5.41, 5.74) is 6.01. The maximum atomic E-state index is 6.01. The highest BCUT2D eigenvalue weighted by atomic mass is 15.2. The van der Waals surface area contributed by atoms with Crippen molar-refractivity contribution in [3.8, 4) is 0 Å². The number of hydrogen-bond donors (Lipinski definition) is 1. The quantitative estimate of drug-likeness (QED) is 0.614. The highest BCUT2D eigenvalue weighted by molar-refractivity contribution is 4.85. The second kappa shape index (κ2) is 2.51. The largest absolute Gasteiger partial charge is 0.315 e. The lowest BCUT2D eigenvalue weighted by Gasteiger charge is -2.22. The molecule has 1 aliphatic carbocycles. The van der Waals surface area contributed by atoms with Crippen molar-refractivity contribution in [1.82, 2.24) is 4.90 Å². The molecule has 2 aliphatic rings. The van der Waals surface area contributed by atoms with Crippen molar-refractivity contribution < 1.29 is 0 Å². The third-order valence-corrected chi connectivity index (χ3v) is 2.67. The SMILES string of the molecule is N[C@H](C1CC1)N1CCCC1. The van der Waals surface area contributed by atoms with Crippen molar-refractivity contribution in [2.75, 3.05) is 13.1 Å². The summed E-state index contributed by atoms with van der Waals surface area (Å²) in [5, 5.41) is 0. The van der Waals surface area contributed by atoms with E-state index in [0.29, 0.717) is 6.17 Å². The molecule has 0 radical (unpaired) electrons. The highest BCUT2D eigenvalue weighted by Gasteiger charge is 2.33. The Labute approximate surface area is 62.4 Å². The molecule has 10 heavy (non-hydrogen) atoms. The van der Waals surface area contributed by atoms with Crippen LogP contribution in [0.5, 0.6) is 0 Å². The van der Waals surface area contributed by atoms with Crippen molar-refractivity contribution in [3.05, 3.63) is 0 Å². The number of nitrogens with two attached hydrogens (primary N) is 1. The molecule has 0 spiro atoms. The van der Waals surface area contributed by atoms with E-state index in [2.05, 4.69) is 4.90 Å². The lowest BCUT2D eigenvalue weighted by Crippen LogP contribution is -2.41. The minimum atomic E-state index is 0.405. The minimum Gasteiger partial charge on any atom is -0.315 e. The molecule has 58 valence electrons. The molecule has 1 saturated heterocycles. The van der Waals surface area contributed by atoms with Crippen LogP contribution in [0.15, 0.2) is 0 Å². The van der Waals surface area contributed by atoms with Crippen molar-refractivity contribution in [2.24, 2.45) is 11.7 Å². The van der Waals surface area contributed by atoms with Crippen LogP contribution < -0.4 is 5.73 Å². The number of hydrogen-bond acceptors (Lipinski definition) is 2. The van der Waals surface area contributed by atoms with Crippen molar-refractivity contribution in [2.45, 2.75) is 31.8 Å². The summed E-state index contributed by atoms with van der Waals surface area (Å²) < 4.78 is 0. The van der Waals surface area contributed by atoms with E-state index in [0.717, 1.165) is 5.92 Å². The van der Waals surface area contributed by atoms with Gasteiger partial charge >= 0.3 is 0 Å². The fourth-order valence-corrected chi connectivity index (χ4v) is 1.78. The van der Waals surface area contributed by atoms with Crippen molar-refractivity contribution >= 4 is 0 Å². The molecule has 1 atom stereocenters. The van der Waals surface area contributed by atoms with Crippen molar-refractivity contribution in [1.29, 1.82) is 0 Å². The number of nitrogens with zero attached hydrogens (tertiary/aromatic N) is 1. The molecular weight excluding hydrogens is 124 g/mol. The van der Waals surface area contributed by atoms with Gasteiger partial charge in [-0.2, -0.15) is 0 Å². The molecule has 0 aromatic carbocycles. The van der Waals surface area contributed by atoms with Gasteiger partial charge in [0, 0.05) is 0 Å². The van der Waals surface area contributed by atoms with Gasteiger partial charge in [0.05, 0.1) is 6.17 Å². The predicted molar refractivity (Wildman–Crippen MR) is 41.5 cm³/mol. The minimum absolute atomic E-state index is 0.405. The summed E-state index contributed by atoms with van der Waals surface area (Å²) in [7, 11) is 0. The Bertz CT molecular complexity index is 114. The van der Waals surface area contributed by atoms with E-state index in [1.165, 1.54) is 38.8 Å². The zero-order valence-corrected chi connectivity index (χ0v) is 6.42. The molecule has 0 amide bonds. The molecule has 0 unspecified atom stereocenters. The molecule has 2 heteroatoms. The zero-order valence-electron chi connectivity index (χ0n) is 6.42. The van der Waals surface area contributed by atoms with Crippen molar-refractivity contribution in [3.63, 3.8) is 0 Å². The van der Waals surface area contributed by atoms with Crippen LogP contribution in [0.2, 0.25) is 0 Å². The van der Waals surface area contributed by atoms with Gasteiger partial charge in [0.15, 0.2) is 0 Å². The second-order valence-corrected chi connectivity index (χ2v) is 3.57. The number of likely N-dealkylation sites (tertiary alicyclic amines) is 1. The Hall–Kier alpha value is -0.0800. The third-order valence-electron chi connectivity index (χ3n) is 2.67. The van der Waals surface area contributed by atoms with Gasteiger partial charge < -0.3 is 5.73 Å². The standard InChI is InChI=1S/C8H16N2/c9-8(7-3-4-7)10-5-1-2-6-10/h7-8H,1-6,9H2/t8-/m0/s1. The van der Waals surface area contributed by atoms with Gasteiger partial charge in [-0.1, -0.05) is 0 Å². The Morgan fingerprint density at radius 2 is 1.80 bits per heavy atom. The number of rotatable bonds is 2. The molecule has 1 aliphatic heterocycles. The van der Waals surface area contributed by atoms with Gasteiger partial charge in [-0.05, 0) is 44.7 Å². The monoisotopic (exact) mass is 140 g/mol. The van der Waals surface area contributed by atoms with Crippen LogP contribution in [-0.4, -0.2) is 24.2 Å². The molecule has 0 aromatic rings. The Kier molecular flexibility index (Phi) is 1.66.